The maximum atomic E-state index is 3.35. The van der Waals surface area contributed by atoms with E-state index < -0.39 is 0 Å². The molecule has 0 amide bonds. The average Bonchev–Trinajstić information content (AvgIpc) is 2.48. The monoisotopic (exact) mass is 224 g/mol. The van der Waals surface area contributed by atoms with E-state index in [2.05, 4.69) is 36.2 Å². The van der Waals surface area contributed by atoms with Gasteiger partial charge in [0.15, 0.2) is 0 Å². The molecule has 2 nitrogen and oxygen atoms in total. The van der Waals surface area contributed by atoms with Gasteiger partial charge in [-0.25, -0.2) is 0 Å². The van der Waals surface area contributed by atoms with Crippen molar-refractivity contribution in [3.05, 3.63) is 21.9 Å². The molecule has 1 aromatic rings. The first-order valence-corrected chi connectivity index (χ1v) is 6.61. The molecule has 0 radical (unpaired) electrons. The second kappa shape index (κ2) is 5.10. The highest BCUT2D eigenvalue weighted by molar-refractivity contribution is 7.11. The van der Waals surface area contributed by atoms with Crippen LogP contribution in [-0.2, 0) is 6.54 Å². The van der Waals surface area contributed by atoms with Crippen molar-refractivity contribution in [2.45, 2.75) is 32.9 Å². The Morgan fingerprint density at radius 1 is 1.47 bits per heavy atom. The summed E-state index contributed by atoms with van der Waals surface area (Å²) in [6.07, 6.45) is 1.25. The van der Waals surface area contributed by atoms with E-state index in [4.69, 9.17) is 0 Å². The summed E-state index contributed by atoms with van der Waals surface area (Å²) >= 11 is 1.93. The number of nitrogens with one attached hydrogen (secondary N) is 1. The molecule has 15 heavy (non-hydrogen) atoms. The molecule has 0 bridgehead atoms. The van der Waals surface area contributed by atoms with Crippen LogP contribution in [-0.4, -0.2) is 30.6 Å². The Morgan fingerprint density at radius 2 is 2.27 bits per heavy atom. The lowest BCUT2D eigenvalue weighted by Crippen LogP contribution is -2.56. The van der Waals surface area contributed by atoms with Crippen molar-refractivity contribution in [1.29, 1.82) is 0 Å². The zero-order valence-electron chi connectivity index (χ0n) is 9.62. The normalized spacial score (nSPS) is 17.0. The second-order valence-electron chi connectivity index (χ2n) is 4.29. The number of hydrogen-bond donors (Lipinski definition) is 1. The van der Waals surface area contributed by atoms with Gasteiger partial charge >= 0.3 is 0 Å². The van der Waals surface area contributed by atoms with Crippen LogP contribution < -0.4 is 5.32 Å². The highest BCUT2D eigenvalue weighted by Gasteiger charge is 2.23. The van der Waals surface area contributed by atoms with E-state index in [9.17, 15) is 0 Å². The zero-order valence-corrected chi connectivity index (χ0v) is 10.4. The Morgan fingerprint density at radius 3 is 2.73 bits per heavy atom. The molecule has 3 heteroatoms. The molecule has 0 atom stereocenters. The third-order valence-electron chi connectivity index (χ3n) is 2.94. The molecule has 1 N–H and O–H groups in total. The van der Waals surface area contributed by atoms with Crippen molar-refractivity contribution in [2.24, 2.45) is 0 Å². The molecule has 0 aromatic carbocycles. The predicted molar refractivity (Wildman–Crippen MR) is 66.4 cm³/mol. The first-order chi connectivity index (χ1) is 7.29. The molecule has 1 saturated heterocycles. The van der Waals surface area contributed by atoms with E-state index in [1.807, 2.05) is 11.3 Å². The van der Waals surface area contributed by atoms with Crippen molar-refractivity contribution in [3.8, 4) is 0 Å². The average molecular weight is 224 g/mol. The van der Waals surface area contributed by atoms with Gasteiger partial charge in [0.2, 0.25) is 0 Å². The summed E-state index contributed by atoms with van der Waals surface area (Å²) in [7, 11) is 0. The summed E-state index contributed by atoms with van der Waals surface area (Å²) in [6, 6.07) is 5.27. The van der Waals surface area contributed by atoms with Gasteiger partial charge in [-0.1, -0.05) is 6.92 Å². The van der Waals surface area contributed by atoms with Crippen LogP contribution >= 0.6 is 11.3 Å². The maximum absolute atomic E-state index is 3.35. The molecule has 1 aromatic heterocycles. The van der Waals surface area contributed by atoms with Crippen molar-refractivity contribution in [3.63, 3.8) is 0 Å². The molecule has 84 valence electrons. The topological polar surface area (TPSA) is 15.3 Å². The van der Waals surface area contributed by atoms with Crippen LogP contribution in [0.5, 0.6) is 0 Å². The Bertz CT molecular complexity index is 304. The zero-order chi connectivity index (χ0) is 10.7. The molecule has 1 fully saturated rings. The molecule has 2 rings (SSSR count). The largest absolute Gasteiger partial charge is 0.314 e. The van der Waals surface area contributed by atoms with E-state index >= 15 is 0 Å². The molecule has 1 aliphatic heterocycles. The first-order valence-electron chi connectivity index (χ1n) is 5.79. The summed E-state index contributed by atoms with van der Waals surface area (Å²) in [5.74, 6) is 0. The molecule has 0 unspecified atom stereocenters. The predicted octanol–water partition coefficient (Wildman–Crippen LogP) is 2.24. The standard InChI is InChI=1S/C12H20N2S/c1-3-6-14(11-7-13-8-11)9-12-5-4-10(2)15-12/h4-5,11,13H,3,6-9H2,1-2H3. The molecule has 0 spiro atoms. The molecular weight excluding hydrogens is 204 g/mol. The van der Waals surface area contributed by atoms with Gasteiger partial charge < -0.3 is 5.32 Å². The smallest absolute Gasteiger partial charge is 0.0349 e. The Hall–Kier alpha value is -0.380. The van der Waals surface area contributed by atoms with Gasteiger partial charge in [-0.3, -0.25) is 4.90 Å². The number of hydrogen-bond acceptors (Lipinski definition) is 3. The maximum Gasteiger partial charge on any atom is 0.0349 e. The summed E-state index contributed by atoms with van der Waals surface area (Å²) in [5, 5.41) is 3.35. The van der Waals surface area contributed by atoms with Crippen LogP contribution in [0.2, 0.25) is 0 Å². The number of nitrogens with zero attached hydrogens (tertiary/aromatic N) is 1. The Balaban J connectivity index is 1.93. The fourth-order valence-electron chi connectivity index (χ4n) is 1.98. The van der Waals surface area contributed by atoms with Gasteiger partial charge in [-0.2, -0.15) is 0 Å². The van der Waals surface area contributed by atoms with Crippen molar-refractivity contribution in [2.75, 3.05) is 19.6 Å². The minimum atomic E-state index is 0.771. The van der Waals surface area contributed by atoms with Gasteiger partial charge in [0.25, 0.3) is 0 Å². The molecule has 0 aliphatic carbocycles. The minimum Gasteiger partial charge on any atom is -0.314 e. The lowest BCUT2D eigenvalue weighted by atomic mass is 10.1. The molecular formula is C12H20N2S. The number of aryl methyl sites for hydroxylation is 1. The SMILES string of the molecule is CCCN(Cc1ccc(C)s1)C1CNC1. The second-order valence-corrected chi connectivity index (χ2v) is 5.67. The highest BCUT2D eigenvalue weighted by Crippen LogP contribution is 2.19. The van der Waals surface area contributed by atoms with Crippen LogP contribution in [0.4, 0.5) is 0 Å². The van der Waals surface area contributed by atoms with Gasteiger partial charge in [0.05, 0.1) is 0 Å². The Labute approximate surface area is 96.3 Å². The summed E-state index contributed by atoms with van der Waals surface area (Å²) in [6.45, 7) is 9.15. The van der Waals surface area contributed by atoms with Crippen LogP contribution in [0, 0.1) is 6.92 Å². The lowest BCUT2D eigenvalue weighted by Gasteiger charge is -2.38. The van der Waals surface area contributed by atoms with Crippen LogP contribution in [0.1, 0.15) is 23.1 Å². The van der Waals surface area contributed by atoms with E-state index in [1.54, 1.807) is 0 Å². The third kappa shape index (κ3) is 2.80. The van der Waals surface area contributed by atoms with E-state index in [-0.39, 0.29) is 0 Å². The summed E-state index contributed by atoms with van der Waals surface area (Å²) in [5.41, 5.74) is 0. The third-order valence-corrected chi connectivity index (χ3v) is 3.93. The van der Waals surface area contributed by atoms with Crippen molar-refractivity contribution in [1.82, 2.24) is 10.2 Å². The fourth-order valence-corrected chi connectivity index (χ4v) is 2.90. The van der Waals surface area contributed by atoms with E-state index in [0.29, 0.717) is 0 Å². The summed E-state index contributed by atoms with van der Waals surface area (Å²) in [4.78, 5) is 5.54. The van der Waals surface area contributed by atoms with Gasteiger partial charge in [-0.05, 0) is 32.0 Å². The fraction of sp³-hybridized carbons (Fsp3) is 0.667. The minimum absolute atomic E-state index is 0.771. The van der Waals surface area contributed by atoms with Crippen LogP contribution in [0.3, 0.4) is 0 Å². The van der Waals surface area contributed by atoms with Crippen LogP contribution in [0.25, 0.3) is 0 Å². The van der Waals surface area contributed by atoms with Gasteiger partial charge in [0, 0.05) is 35.4 Å². The molecule has 0 saturated carbocycles. The molecule has 1 aliphatic rings. The van der Waals surface area contributed by atoms with Crippen molar-refractivity contribution < 1.29 is 0 Å². The lowest BCUT2D eigenvalue weighted by molar-refractivity contribution is 0.139. The van der Waals surface area contributed by atoms with Gasteiger partial charge in [0.1, 0.15) is 0 Å². The quantitative estimate of drug-likeness (QED) is 0.825. The number of rotatable bonds is 5. The van der Waals surface area contributed by atoms with Gasteiger partial charge in [-0.15, -0.1) is 11.3 Å². The van der Waals surface area contributed by atoms with E-state index in [1.165, 1.54) is 35.8 Å². The van der Waals surface area contributed by atoms with Crippen LogP contribution in [0.15, 0.2) is 12.1 Å². The summed E-state index contributed by atoms with van der Waals surface area (Å²) < 4.78 is 0. The molecule has 2 heterocycles. The highest BCUT2D eigenvalue weighted by atomic mass is 32.1. The first kappa shape index (κ1) is 11.1. The van der Waals surface area contributed by atoms with Crippen molar-refractivity contribution >= 4 is 11.3 Å². The Kier molecular flexibility index (Phi) is 3.78. The number of thiophene rings is 1. The van der Waals surface area contributed by atoms with E-state index in [0.717, 1.165) is 12.6 Å².